The number of carbonyl (C=O) groups is 2. The minimum Gasteiger partial charge on any atom is -0.512 e. The lowest BCUT2D eigenvalue weighted by molar-refractivity contribution is -0.138. The molecule has 0 saturated carbocycles. The fourth-order valence-electron chi connectivity index (χ4n) is 2.05. The molecule has 0 aromatic heterocycles. The Morgan fingerprint density at radius 2 is 2.15 bits per heavy atom. The third-order valence-corrected chi connectivity index (χ3v) is 2.88. The van der Waals surface area contributed by atoms with Crippen LogP contribution in [0.1, 0.15) is 40.5 Å². The zero-order chi connectivity index (χ0) is 15.3. The third kappa shape index (κ3) is 4.64. The molecule has 0 spiro atoms. The molecule has 1 N–H and O–H groups in total. The van der Waals surface area contributed by atoms with Gasteiger partial charge in [0.05, 0.1) is 6.61 Å². The summed E-state index contributed by atoms with van der Waals surface area (Å²) < 4.78 is 4.83. The monoisotopic (exact) mass is 279 g/mol. The van der Waals surface area contributed by atoms with Crippen LogP contribution in [0.4, 0.5) is 0 Å². The maximum atomic E-state index is 11.6. The van der Waals surface area contributed by atoms with E-state index in [1.807, 2.05) is 13.8 Å². The first-order valence-electron chi connectivity index (χ1n) is 6.59. The number of aliphatic hydroxyl groups is 1. The summed E-state index contributed by atoms with van der Waals surface area (Å²) in [5.41, 5.74) is 0.471. The molecule has 5 nitrogen and oxygen atoms in total. The Hall–Kier alpha value is -1.91. The number of ether oxygens (including phenoxy) is 1. The topological polar surface area (TPSA) is 76.0 Å². The highest BCUT2D eigenvalue weighted by atomic mass is 16.5. The van der Waals surface area contributed by atoms with Gasteiger partial charge in [-0.1, -0.05) is 13.8 Å². The lowest BCUT2D eigenvalue weighted by Gasteiger charge is -2.26. The normalized spacial score (nSPS) is 19.6. The van der Waals surface area contributed by atoms with Gasteiger partial charge >= 0.3 is 5.97 Å². The van der Waals surface area contributed by atoms with E-state index in [1.54, 1.807) is 6.92 Å². The maximum absolute atomic E-state index is 11.6. The number of nitrogens with zero attached hydrogens (tertiary/aromatic N) is 1. The van der Waals surface area contributed by atoms with Crippen LogP contribution in [0.15, 0.2) is 28.1 Å². The molecule has 0 radical (unpaired) electrons. The van der Waals surface area contributed by atoms with Gasteiger partial charge in [0.25, 0.3) is 0 Å². The van der Waals surface area contributed by atoms with Crippen molar-refractivity contribution in [1.29, 1.82) is 0 Å². The Morgan fingerprint density at radius 1 is 1.50 bits per heavy atom. The van der Waals surface area contributed by atoms with Crippen LogP contribution in [-0.2, 0) is 14.3 Å². The lowest BCUT2D eigenvalue weighted by Crippen LogP contribution is -2.21. The first kappa shape index (κ1) is 16.1. The van der Waals surface area contributed by atoms with Crippen LogP contribution in [0.3, 0.4) is 0 Å². The SMILES string of the molecule is CCOC(=O)/C(C=NC1=CC(=O)CC(C)(C)C1)=C(/C)O. The number of allylic oxidation sites excluding steroid dienone is 3. The van der Waals surface area contributed by atoms with Crippen molar-refractivity contribution >= 4 is 18.0 Å². The van der Waals surface area contributed by atoms with E-state index in [9.17, 15) is 14.7 Å². The number of aliphatic imine (C=N–C) groups is 1. The van der Waals surface area contributed by atoms with Crippen molar-refractivity contribution in [3.05, 3.63) is 23.1 Å². The summed E-state index contributed by atoms with van der Waals surface area (Å²) in [7, 11) is 0. The van der Waals surface area contributed by atoms with Gasteiger partial charge in [0.15, 0.2) is 5.78 Å². The summed E-state index contributed by atoms with van der Waals surface area (Å²) in [5, 5.41) is 9.49. The van der Waals surface area contributed by atoms with E-state index in [0.717, 1.165) is 0 Å². The van der Waals surface area contributed by atoms with Crippen LogP contribution >= 0.6 is 0 Å². The number of hydrogen-bond donors (Lipinski definition) is 1. The predicted octanol–water partition coefficient (Wildman–Crippen LogP) is 2.73. The van der Waals surface area contributed by atoms with Crippen molar-refractivity contribution in [2.75, 3.05) is 6.61 Å². The fraction of sp³-hybridized carbons (Fsp3) is 0.533. The van der Waals surface area contributed by atoms with Crippen LogP contribution in [0, 0.1) is 5.41 Å². The van der Waals surface area contributed by atoms with E-state index in [-0.39, 0.29) is 29.1 Å². The van der Waals surface area contributed by atoms with Crippen LogP contribution in [0.5, 0.6) is 0 Å². The zero-order valence-corrected chi connectivity index (χ0v) is 12.4. The molecule has 0 atom stereocenters. The minimum absolute atomic E-state index is 0.00331. The van der Waals surface area contributed by atoms with E-state index in [4.69, 9.17) is 4.74 Å². The fourth-order valence-corrected chi connectivity index (χ4v) is 2.05. The maximum Gasteiger partial charge on any atom is 0.343 e. The van der Waals surface area contributed by atoms with E-state index < -0.39 is 5.97 Å². The molecule has 0 heterocycles. The molecule has 20 heavy (non-hydrogen) atoms. The highest BCUT2D eigenvalue weighted by Gasteiger charge is 2.27. The van der Waals surface area contributed by atoms with Gasteiger partial charge in [-0.3, -0.25) is 9.79 Å². The van der Waals surface area contributed by atoms with E-state index >= 15 is 0 Å². The average Bonchev–Trinajstić information content (AvgIpc) is 2.26. The van der Waals surface area contributed by atoms with Crippen molar-refractivity contribution in [2.45, 2.75) is 40.5 Å². The average molecular weight is 279 g/mol. The first-order chi connectivity index (χ1) is 9.25. The van der Waals surface area contributed by atoms with Gasteiger partial charge in [0.1, 0.15) is 11.3 Å². The van der Waals surface area contributed by atoms with E-state index in [1.165, 1.54) is 19.2 Å². The summed E-state index contributed by atoms with van der Waals surface area (Å²) in [6.07, 6.45) is 3.88. The Labute approximate surface area is 119 Å². The van der Waals surface area contributed by atoms with Gasteiger partial charge in [-0.25, -0.2) is 4.79 Å². The highest BCUT2D eigenvalue weighted by Crippen LogP contribution is 2.33. The molecule has 0 aromatic rings. The second-order valence-corrected chi connectivity index (χ2v) is 5.60. The summed E-state index contributed by atoms with van der Waals surface area (Å²) in [6, 6.07) is 0. The van der Waals surface area contributed by atoms with Gasteiger partial charge in [-0.2, -0.15) is 0 Å². The van der Waals surface area contributed by atoms with Gasteiger partial charge in [-0.15, -0.1) is 0 Å². The van der Waals surface area contributed by atoms with Crippen LogP contribution in [-0.4, -0.2) is 29.7 Å². The molecule has 0 saturated heterocycles. The number of hydrogen-bond acceptors (Lipinski definition) is 5. The largest absolute Gasteiger partial charge is 0.512 e. The Balaban J connectivity index is 2.93. The van der Waals surface area contributed by atoms with Crippen LogP contribution in [0.2, 0.25) is 0 Å². The van der Waals surface area contributed by atoms with Crippen LogP contribution < -0.4 is 0 Å². The molecule has 0 aliphatic heterocycles. The molecular formula is C15H21NO4. The van der Waals surface area contributed by atoms with Gasteiger partial charge < -0.3 is 9.84 Å². The number of rotatable bonds is 4. The van der Waals surface area contributed by atoms with Crippen molar-refractivity contribution in [3.63, 3.8) is 0 Å². The quantitative estimate of drug-likeness (QED) is 0.371. The zero-order valence-electron chi connectivity index (χ0n) is 12.4. The Morgan fingerprint density at radius 3 is 2.65 bits per heavy atom. The van der Waals surface area contributed by atoms with Gasteiger partial charge in [-0.05, 0) is 25.7 Å². The van der Waals surface area contributed by atoms with E-state index in [0.29, 0.717) is 18.5 Å². The molecule has 5 heteroatoms. The smallest absolute Gasteiger partial charge is 0.343 e. The number of carbonyl (C=O) groups excluding carboxylic acids is 2. The third-order valence-electron chi connectivity index (χ3n) is 2.88. The molecular weight excluding hydrogens is 258 g/mol. The molecule has 0 aromatic carbocycles. The number of ketones is 1. The van der Waals surface area contributed by atoms with E-state index in [2.05, 4.69) is 4.99 Å². The Bertz CT molecular complexity index is 494. The summed E-state index contributed by atoms with van der Waals surface area (Å²) >= 11 is 0. The van der Waals surface area contributed by atoms with Gasteiger partial charge in [0.2, 0.25) is 0 Å². The molecule has 1 aliphatic carbocycles. The first-order valence-corrected chi connectivity index (χ1v) is 6.59. The van der Waals surface area contributed by atoms with Crippen molar-refractivity contribution in [2.24, 2.45) is 10.4 Å². The second-order valence-electron chi connectivity index (χ2n) is 5.60. The van der Waals surface area contributed by atoms with Crippen molar-refractivity contribution < 1.29 is 19.4 Å². The molecule has 0 unspecified atom stereocenters. The lowest BCUT2D eigenvalue weighted by atomic mass is 9.79. The molecule has 110 valence electrons. The summed E-state index contributed by atoms with van der Waals surface area (Å²) in [6.45, 7) is 7.28. The number of esters is 1. The molecule has 1 rings (SSSR count). The highest BCUT2D eigenvalue weighted by molar-refractivity contribution is 6.10. The number of aliphatic hydroxyl groups excluding tert-OH is 1. The Kier molecular flexibility index (Phi) is 5.25. The molecule has 0 bridgehead atoms. The van der Waals surface area contributed by atoms with Gasteiger partial charge in [0, 0.05) is 24.4 Å². The second kappa shape index (κ2) is 6.50. The molecule has 0 fully saturated rings. The standard InChI is InChI=1S/C15H21NO4/c1-5-20-14(19)13(10(2)17)9-16-11-6-12(18)8-15(3,4)7-11/h6,9,17H,5,7-8H2,1-4H3/b13-10-,16-9?. The summed E-state index contributed by atoms with van der Waals surface area (Å²) in [4.78, 5) is 27.4. The van der Waals surface area contributed by atoms with Crippen molar-refractivity contribution in [1.82, 2.24) is 0 Å². The minimum atomic E-state index is -0.627. The molecule has 0 amide bonds. The predicted molar refractivity (Wildman–Crippen MR) is 76.6 cm³/mol. The summed E-state index contributed by atoms with van der Waals surface area (Å²) in [5.74, 6) is -0.761. The molecule has 1 aliphatic rings. The van der Waals surface area contributed by atoms with Crippen molar-refractivity contribution in [3.8, 4) is 0 Å². The van der Waals surface area contributed by atoms with Crippen LogP contribution in [0.25, 0.3) is 0 Å².